The zero-order valence-corrected chi connectivity index (χ0v) is 14.4. The van der Waals surface area contributed by atoms with Crippen LogP contribution in [0, 0.1) is 5.41 Å². The predicted octanol–water partition coefficient (Wildman–Crippen LogP) is 3.28. The van der Waals surface area contributed by atoms with Gasteiger partial charge in [0.2, 0.25) is 0 Å². The number of nitrogens with two attached hydrogens (primary N) is 1. The minimum absolute atomic E-state index is 0.374. The van der Waals surface area contributed by atoms with Crippen molar-refractivity contribution in [3.05, 3.63) is 29.8 Å². The normalized spacial score (nSPS) is 21.7. The molecular weight excluding hydrogens is 349 g/mol. The second-order valence-electron chi connectivity index (χ2n) is 7.08. The van der Waals surface area contributed by atoms with Crippen LogP contribution < -0.4 is 10.9 Å². The fraction of sp³-hybridized carbons (Fsp3) is 0.611. The van der Waals surface area contributed by atoms with Gasteiger partial charge in [0.25, 0.3) is 0 Å². The van der Waals surface area contributed by atoms with Crippen molar-refractivity contribution in [2.24, 2.45) is 11.3 Å². The summed E-state index contributed by atoms with van der Waals surface area (Å²) in [6, 6.07) is 4.69. The maximum absolute atomic E-state index is 12.6. The molecule has 0 unspecified atom stereocenters. The molecule has 0 radical (unpaired) electrons. The Morgan fingerprint density at radius 1 is 1.08 bits per heavy atom. The maximum Gasteiger partial charge on any atom is 0.416 e. The summed E-state index contributed by atoms with van der Waals surface area (Å²) in [4.78, 5) is 11.7. The molecule has 5 nitrogen and oxygen atoms in total. The third-order valence-electron chi connectivity index (χ3n) is 5.45. The van der Waals surface area contributed by atoms with Crippen LogP contribution in [0.15, 0.2) is 24.3 Å². The molecule has 8 heteroatoms. The van der Waals surface area contributed by atoms with Gasteiger partial charge < -0.3 is 19.3 Å². The van der Waals surface area contributed by atoms with E-state index in [1.54, 1.807) is 0 Å². The molecule has 2 fully saturated rings. The summed E-state index contributed by atoms with van der Waals surface area (Å²) in [6.45, 7) is 1.54. The van der Waals surface area contributed by atoms with Crippen LogP contribution in [-0.4, -0.2) is 31.8 Å². The standard InChI is InChI=1S/C18H23F3N2O3/c19-18(20,21)14-1-3-15(4-2-14)23(22)10-9-16(13-24)5-7-17(8-6-16)25-11-12-26-17/h1-4,13H,5-12,22H2. The first kappa shape index (κ1) is 19.1. The van der Waals surface area contributed by atoms with Gasteiger partial charge >= 0.3 is 6.18 Å². The zero-order chi connectivity index (χ0) is 18.8. The van der Waals surface area contributed by atoms with Gasteiger partial charge in [-0.15, -0.1) is 0 Å². The van der Waals surface area contributed by atoms with Gasteiger partial charge in [0.1, 0.15) is 6.29 Å². The van der Waals surface area contributed by atoms with E-state index in [4.69, 9.17) is 15.3 Å². The van der Waals surface area contributed by atoms with Gasteiger partial charge in [0.05, 0.1) is 24.5 Å². The van der Waals surface area contributed by atoms with E-state index in [1.807, 2.05) is 0 Å². The number of hydrazine groups is 1. The number of rotatable bonds is 5. The van der Waals surface area contributed by atoms with E-state index >= 15 is 0 Å². The number of halogens is 3. The Bertz CT molecular complexity index is 618. The molecule has 144 valence electrons. The highest BCUT2D eigenvalue weighted by Crippen LogP contribution is 2.45. The van der Waals surface area contributed by atoms with Crippen LogP contribution in [0.25, 0.3) is 0 Å². The van der Waals surface area contributed by atoms with E-state index in [9.17, 15) is 18.0 Å². The molecule has 1 heterocycles. The highest BCUT2D eigenvalue weighted by Gasteiger charge is 2.46. The van der Waals surface area contributed by atoms with Crippen molar-refractivity contribution in [2.45, 2.75) is 44.1 Å². The predicted molar refractivity (Wildman–Crippen MR) is 89.2 cm³/mol. The number of hydrogen-bond donors (Lipinski definition) is 1. The summed E-state index contributed by atoms with van der Waals surface area (Å²) >= 11 is 0. The maximum atomic E-state index is 12.6. The molecule has 26 heavy (non-hydrogen) atoms. The first-order valence-corrected chi connectivity index (χ1v) is 8.71. The molecule has 1 saturated heterocycles. The summed E-state index contributed by atoms with van der Waals surface area (Å²) < 4.78 is 49.3. The molecule has 0 atom stereocenters. The SMILES string of the molecule is NN(CCC1(C=O)CCC2(CC1)OCCO2)c1ccc(C(F)(F)F)cc1. The monoisotopic (exact) mass is 372 g/mol. The molecule has 1 spiro atoms. The minimum Gasteiger partial charge on any atom is -0.348 e. The second kappa shape index (κ2) is 7.17. The molecule has 3 rings (SSSR count). The van der Waals surface area contributed by atoms with Crippen molar-refractivity contribution in [3.63, 3.8) is 0 Å². The summed E-state index contributed by atoms with van der Waals surface area (Å²) in [6.07, 6.45) is -0.233. The van der Waals surface area contributed by atoms with Crippen molar-refractivity contribution in [2.75, 3.05) is 24.8 Å². The number of aldehydes is 1. The number of carbonyl (C=O) groups is 1. The first-order valence-electron chi connectivity index (χ1n) is 8.71. The highest BCUT2D eigenvalue weighted by molar-refractivity contribution is 5.60. The molecular formula is C18H23F3N2O3. The molecule has 2 aliphatic rings. The van der Waals surface area contributed by atoms with Crippen LogP contribution in [-0.2, 0) is 20.4 Å². The number of alkyl halides is 3. The van der Waals surface area contributed by atoms with Gasteiger partial charge in [0.15, 0.2) is 5.79 Å². The lowest BCUT2D eigenvalue weighted by molar-refractivity contribution is -0.190. The lowest BCUT2D eigenvalue weighted by Gasteiger charge is -2.41. The highest BCUT2D eigenvalue weighted by atomic mass is 19.4. The Morgan fingerprint density at radius 3 is 2.15 bits per heavy atom. The first-order chi connectivity index (χ1) is 12.3. The summed E-state index contributed by atoms with van der Waals surface area (Å²) in [5.41, 5.74) is -0.730. The van der Waals surface area contributed by atoms with Gasteiger partial charge in [-0.1, -0.05) is 0 Å². The Balaban J connectivity index is 1.57. The van der Waals surface area contributed by atoms with E-state index in [0.29, 0.717) is 57.6 Å². The van der Waals surface area contributed by atoms with Crippen molar-refractivity contribution >= 4 is 12.0 Å². The van der Waals surface area contributed by atoms with E-state index in [1.165, 1.54) is 17.1 Å². The Kier molecular flexibility index (Phi) is 5.28. The van der Waals surface area contributed by atoms with Crippen molar-refractivity contribution in [1.82, 2.24) is 0 Å². The van der Waals surface area contributed by atoms with Crippen molar-refractivity contribution in [3.8, 4) is 0 Å². The van der Waals surface area contributed by atoms with Gasteiger partial charge in [-0.05, 0) is 43.5 Å². The largest absolute Gasteiger partial charge is 0.416 e. The molecule has 1 aromatic carbocycles. The average molecular weight is 372 g/mol. The number of nitrogens with zero attached hydrogens (tertiary/aromatic N) is 1. The number of carbonyl (C=O) groups excluding carboxylic acids is 1. The fourth-order valence-electron chi connectivity index (χ4n) is 3.66. The third kappa shape index (κ3) is 4.02. The lowest BCUT2D eigenvalue weighted by Crippen LogP contribution is -2.43. The Morgan fingerprint density at radius 2 is 1.65 bits per heavy atom. The van der Waals surface area contributed by atoms with Crippen LogP contribution >= 0.6 is 0 Å². The van der Waals surface area contributed by atoms with Crippen LogP contribution in [0.4, 0.5) is 18.9 Å². The topological polar surface area (TPSA) is 64.8 Å². The van der Waals surface area contributed by atoms with E-state index in [-0.39, 0.29) is 0 Å². The van der Waals surface area contributed by atoms with Gasteiger partial charge in [-0.25, -0.2) is 5.84 Å². The van der Waals surface area contributed by atoms with Crippen LogP contribution in [0.1, 0.15) is 37.7 Å². The molecule has 0 amide bonds. The van der Waals surface area contributed by atoms with Gasteiger partial charge in [-0.2, -0.15) is 13.2 Å². The summed E-state index contributed by atoms with van der Waals surface area (Å²) in [5.74, 6) is 5.45. The Labute approximate surface area is 150 Å². The summed E-state index contributed by atoms with van der Waals surface area (Å²) in [5, 5.41) is 1.39. The number of ether oxygens (including phenoxy) is 2. The van der Waals surface area contributed by atoms with Crippen molar-refractivity contribution < 1.29 is 27.4 Å². The molecule has 1 aliphatic carbocycles. The van der Waals surface area contributed by atoms with Gasteiger partial charge in [-0.3, -0.25) is 0 Å². The second-order valence-corrected chi connectivity index (χ2v) is 7.08. The van der Waals surface area contributed by atoms with Gasteiger partial charge in [0, 0.05) is 24.8 Å². The fourth-order valence-corrected chi connectivity index (χ4v) is 3.66. The van der Waals surface area contributed by atoms with Crippen molar-refractivity contribution in [1.29, 1.82) is 0 Å². The lowest BCUT2D eigenvalue weighted by atomic mass is 9.71. The molecule has 2 N–H and O–H groups in total. The van der Waals surface area contributed by atoms with E-state index in [2.05, 4.69) is 0 Å². The van der Waals surface area contributed by atoms with Crippen LogP contribution in [0.3, 0.4) is 0 Å². The zero-order valence-electron chi connectivity index (χ0n) is 14.4. The molecule has 0 bridgehead atoms. The van der Waals surface area contributed by atoms with Crippen LogP contribution in [0.2, 0.25) is 0 Å². The molecule has 1 aliphatic heterocycles. The quantitative estimate of drug-likeness (QED) is 0.488. The minimum atomic E-state index is -4.37. The Hall–Kier alpha value is -1.64. The molecule has 0 aromatic heterocycles. The molecule has 1 aromatic rings. The number of benzene rings is 1. The average Bonchev–Trinajstić information content (AvgIpc) is 3.09. The molecule has 1 saturated carbocycles. The van der Waals surface area contributed by atoms with E-state index in [0.717, 1.165) is 18.4 Å². The van der Waals surface area contributed by atoms with Crippen LogP contribution in [0.5, 0.6) is 0 Å². The number of hydrogen-bond acceptors (Lipinski definition) is 5. The summed E-state index contributed by atoms with van der Waals surface area (Å²) in [7, 11) is 0. The number of anilines is 1. The third-order valence-corrected chi connectivity index (χ3v) is 5.45. The smallest absolute Gasteiger partial charge is 0.348 e. The van der Waals surface area contributed by atoms with E-state index < -0.39 is 22.9 Å².